The summed E-state index contributed by atoms with van der Waals surface area (Å²) < 4.78 is 7.18. The van der Waals surface area contributed by atoms with Gasteiger partial charge in [-0.1, -0.05) is 31.2 Å². The van der Waals surface area contributed by atoms with Crippen LogP contribution in [0.2, 0.25) is 0 Å². The number of benzene rings is 2. The van der Waals surface area contributed by atoms with Gasteiger partial charge in [0.25, 0.3) is 0 Å². The lowest BCUT2D eigenvalue weighted by Gasteiger charge is -2.10. The Bertz CT molecular complexity index is 1060. The molecule has 0 unspecified atom stereocenters. The number of nitrogens with zero attached hydrogens (tertiary/aromatic N) is 1. The van der Waals surface area contributed by atoms with Gasteiger partial charge in [-0.25, -0.2) is 4.79 Å². The molecule has 0 aliphatic heterocycles. The molecular weight excluding hydrogens is 358 g/mol. The summed E-state index contributed by atoms with van der Waals surface area (Å²) in [5.74, 6) is -1.61. The van der Waals surface area contributed by atoms with Crippen molar-refractivity contribution < 1.29 is 24.5 Å². The topological polar surface area (TPSA) is 88.8 Å². The van der Waals surface area contributed by atoms with E-state index in [1.165, 1.54) is 0 Å². The van der Waals surface area contributed by atoms with Gasteiger partial charge in [0.05, 0.1) is 0 Å². The summed E-state index contributed by atoms with van der Waals surface area (Å²) >= 11 is 0. The van der Waals surface area contributed by atoms with Crippen molar-refractivity contribution in [3.8, 4) is 11.5 Å². The Labute approximate surface area is 163 Å². The van der Waals surface area contributed by atoms with E-state index in [-0.39, 0.29) is 22.8 Å². The molecule has 3 rings (SSSR count). The number of phenols is 2. The monoisotopic (exact) mass is 381 g/mol. The van der Waals surface area contributed by atoms with Crippen LogP contribution in [0.3, 0.4) is 0 Å². The van der Waals surface area contributed by atoms with Crippen LogP contribution in [0.1, 0.15) is 45.4 Å². The number of hydrogen-bond acceptors (Lipinski definition) is 5. The minimum Gasteiger partial charge on any atom is -0.507 e. The minimum atomic E-state index is -0.866. The van der Waals surface area contributed by atoms with Crippen molar-refractivity contribution >= 4 is 22.5 Å². The van der Waals surface area contributed by atoms with Crippen LogP contribution in [0.5, 0.6) is 11.5 Å². The molecule has 0 aliphatic carbocycles. The third kappa shape index (κ3) is 3.45. The van der Waals surface area contributed by atoms with E-state index in [2.05, 4.69) is 11.5 Å². The van der Waals surface area contributed by atoms with Crippen molar-refractivity contribution in [1.29, 1.82) is 0 Å². The van der Waals surface area contributed by atoms with Crippen LogP contribution in [-0.2, 0) is 11.3 Å². The van der Waals surface area contributed by atoms with Crippen LogP contribution in [0.25, 0.3) is 10.8 Å². The summed E-state index contributed by atoms with van der Waals surface area (Å²) in [6.45, 7) is 6.23. The first-order valence-electron chi connectivity index (χ1n) is 9.15. The predicted octanol–water partition coefficient (Wildman–Crippen LogP) is 4.12. The summed E-state index contributed by atoms with van der Waals surface area (Å²) in [4.78, 5) is 24.9. The Morgan fingerprint density at radius 1 is 1.04 bits per heavy atom. The third-order valence-electron chi connectivity index (χ3n) is 4.87. The summed E-state index contributed by atoms with van der Waals surface area (Å²) in [5.41, 5.74) is 2.16. The maximum atomic E-state index is 12.5. The zero-order chi connectivity index (χ0) is 20.4. The average Bonchev–Trinajstić information content (AvgIpc) is 2.97. The number of hydrogen-bond donors (Lipinski definition) is 2. The van der Waals surface area contributed by atoms with Gasteiger partial charge >= 0.3 is 5.97 Å². The molecule has 6 heteroatoms. The normalized spacial score (nSPS) is 11.0. The van der Waals surface area contributed by atoms with Gasteiger partial charge in [0.15, 0.2) is 6.61 Å². The number of aromatic nitrogens is 1. The number of carbonyl (C=O) groups excluding carboxylic acids is 2. The van der Waals surface area contributed by atoms with Gasteiger partial charge in [0.1, 0.15) is 17.1 Å². The molecule has 2 N–H and O–H groups in total. The molecule has 146 valence electrons. The molecule has 0 amide bonds. The fourth-order valence-electron chi connectivity index (χ4n) is 3.43. The molecule has 1 heterocycles. The fraction of sp³-hybridized carbons (Fsp3) is 0.273. The maximum Gasteiger partial charge on any atom is 0.342 e. The van der Waals surface area contributed by atoms with Crippen LogP contribution >= 0.6 is 0 Å². The van der Waals surface area contributed by atoms with E-state index in [0.29, 0.717) is 16.3 Å². The summed E-state index contributed by atoms with van der Waals surface area (Å²) in [7, 11) is 0. The Balaban J connectivity index is 1.80. The lowest BCUT2D eigenvalue weighted by atomic mass is 10.0. The van der Waals surface area contributed by atoms with Crippen molar-refractivity contribution in [2.45, 2.75) is 33.7 Å². The third-order valence-corrected chi connectivity index (χ3v) is 4.87. The fourth-order valence-corrected chi connectivity index (χ4v) is 3.43. The number of rotatable bonds is 6. The molecule has 0 atom stereocenters. The van der Waals surface area contributed by atoms with Crippen molar-refractivity contribution in [1.82, 2.24) is 4.57 Å². The first-order chi connectivity index (χ1) is 13.3. The Hall–Kier alpha value is -3.28. The number of fused-ring (bicyclic) bond motifs is 1. The standard InChI is InChI=1S/C22H23NO5/c1-4-9-23-13(2)10-17(14(23)3)20(25)12-28-22(27)18-11-19(24)15-7-5-6-8-16(15)21(18)26/h5-8,10-11,24,26H,4,9,12H2,1-3H3. The Kier molecular flexibility index (Phi) is 5.40. The molecule has 0 saturated carbocycles. The maximum absolute atomic E-state index is 12.5. The second-order valence-corrected chi connectivity index (χ2v) is 6.77. The minimum absolute atomic E-state index is 0.144. The Morgan fingerprint density at radius 3 is 2.39 bits per heavy atom. The summed E-state index contributed by atoms with van der Waals surface area (Å²) in [6.07, 6.45) is 0.948. The highest BCUT2D eigenvalue weighted by Gasteiger charge is 2.21. The molecule has 0 saturated heterocycles. The van der Waals surface area contributed by atoms with Gasteiger partial charge in [-0.3, -0.25) is 4.79 Å². The van der Waals surface area contributed by atoms with Crippen LogP contribution < -0.4 is 0 Å². The molecule has 0 spiro atoms. The quantitative estimate of drug-likeness (QED) is 0.381. The number of carbonyl (C=O) groups is 2. The summed E-state index contributed by atoms with van der Waals surface area (Å²) in [6, 6.07) is 9.57. The first kappa shape index (κ1) is 19.5. The lowest BCUT2D eigenvalue weighted by Crippen LogP contribution is -2.15. The zero-order valence-electron chi connectivity index (χ0n) is 16.2. The van der Waals surface area contributed by atoms with Gasteiger partial charge in [-0.15, -0.1) is 0 Å². The van der Waals surface area contributed by atoms with Crippen molar-refractivity contribution in [2.24, 2.45) is 0 Å². The highest BCUT2D eigenvalue weighted by Crippen LogP contribution is 2.35. The molecule has 0 bridgehead atoms. The van der Waals surface area contributed by atoms with E-state index in [1.54, 1.807) is 30.3 Å². The number of aromatic hydroxyl groups is 2. The van der Waals surface area contributed by atoms with Crippen molar-refractivity contribution in [3.05, 3.63) is 58.9 Å². The molecule has 2 aromatic carbocycles. The number of ketones is 1. The molecule has 6 nitrogen and oxygen atoms in total. The van der Waals surface area contributed by atoms with Crippen LogP contribution in [0.4, 0.5) is 0 Å². The zero-order valence-corrected chi connectivity index (χ0v) is 16.2. The second-order valence-electron chi connectivity index (χ2n) is 6.77. The second kappa shape index (κ2) is 7.76. The number of aryl methyl sites for hydroxylation is 1. The number of ether oxygens (including phenoxy) is 1. The molecule has 1 aromatic heterocycles. The highest BCUT2D eigenvalue weighted by molar-refractivity contribution is 6.05. The predicted molar refractivity (Wildman–Crippen MR) is 106 cm³/mol. The lowest BCUT2D eigenvalue weighted by molar-refractivity contribution is 0.0471. The SMILES string of the molecule is CCCn1c(C)cc(C(=O)COC(=O)c2cc(O)c3ccccc3c2O)c1C. The van der Waals surface area contributed by atoms with Crippen LogP contribution in [-0.4, -0.2) is 33.1 Å². The summed E-state index contributed by atoms with van der Waals surface area (Å²) in [5, 5.41) is 21.2. The largest absolute Gasteiger partial charge is 0.507 e. The first-order valence-corrected chi connectivity index (χ1v) is 9.15. The molecule has 3 aromatic rings. The van der Waals surface area contributed by atoms with Crippen molar-refractivity contribution in [3.63, 3.8) is 0 Å². The number of phenolic OH excluding ortho intramolecular Hbond substituents is 2. The van der Waals surface area contributed by atoms with E-state index in [1.807, 2.05) is 13.8 Å². The van der Waals surface area contributed by atoms with Gasteiger partial charge in [0.2, 0.25) is 5.78 Å². The number of Topliss-reactive ketones (excluding diaryl/α,β-unsaturated/α-hetero) is 1. The molecule has 0 radical (unpaired) electrons. The molecule has 0 aliphatic rings. The molecule has 28 heavy (non-hydrogen) atoms. The van der Waals surface area contributed by atoms with E-state index in [4.69, 9.17) is 4.74 Å². The van der Waals surface area contributed by atoms with Gasteiger partial charge in [-0.05, 0) is 32.4 Å². The Morgan fingerprint density at radius 2 is 1.71 bits per heavy atom. The van der Waals surface area contributed by atoms with Crippen molar-refractivity contribution in [2.75, 3.05) is 6.61 Å². The van der Waals surface area contributed by atoms with E-state index in [0.717, 1.165) is 30.4 Å². The van der Waals surface area contributed by atoms with Gasteiger partial charge in [-0.2, -0.15) is 0 Å². The molecular formula is C22H23NO5. The van der Waals surface area contributed by atoms with E-state index < -0.39 is 12.6 Å². The van der Waals surface area contributed by atoms with Gasteiger partial charge in [0, 0.05) is 34.3 Å². The van der Waals surface area contributed by atoms with Crippen LogP contribution in [0, 0.1) is 13.8 Å². The smallest absolute Gasteiger partial charge is 0.342 e. The highest BCUT2D eigenvalue weighted by atomic mass is 16.5. The number of esters is 1. The average molecular weight is 381 g/mol. The molecule has 0 fully saturated rings. The van der Waals surface area contributed by atoms with E-state index in [9.17, 15) is 19.8 Å². The van der Waals surface area contributed by atoms with Crippen LogP contribution in [0.15, 0.2) is 36.4 Å². The van der Waals surface area contributed by atoms with E-state index >= 15 is 0 Å². The van der Waals surface area contributed by atoms with Gasteiger partial charge < -0.3 is 19.5 Å².